The first-order chi connectivity index (χ1) is 10.1. The van der Waals surface area contributed by atoms with Crippen LogP contribution >= 0.6 is 0 Å². The molecule has 3 heterocycles. The number of fused-ring (bicyclic) bond motifs is 2. The Morgan fingerprint density at radius 1 is 1.38 bits per heavy atom. The third-order valence-electron chi connectivity index (χ3n) is 5.18. The number of carboxylic acid groups (broad SMARTS) is 1. The largest absolute Gasteiger partial charge is 0.481 e. The van der Waals surface area contributed by atoms with Crippen LogP contribution in [0.15, 0.2) is 6.07 Å². The van der Waals surface area contributed by atoms with Crippen LogP contribution in [0.5, 0.6) is 0 Å². The number of piperidine rings is 1. The molecule has 116 valence electrons. The Morgan fingerprint density at radius 3 is 2.57 bits per heavy atom. The molecule has 1 N–H and O–H groups in total. The second-order valence-electron chi connectivity index (χ2n) is 6.60. The lowest BCUT2D eigenvalue weighted by atomic mass is 9.88. The minimum absolute atomic E-state index is 0.340. The molecule has 2 aliphatic rings. The maximum atomic E-state index is 10.9. The average molecular weight is 291 g/mol. The second kappa shape index (κ2) is 5.79. The molecule has 2 fully saturated rings. The predicted molar refractivity (Wildman–Crippen MR) is 79.9 cm³/mol. The molecule has 0 spiro atoms. The van der Waals surface area contributed by atoms with Crippen molar-refractivity contribution in [3.05, 3.63) is 17.5 Å². The molecule has 2 aliphatic heterocycles. The lowest BCUT2D eigenvalue weighted by molar-refractivity contribution is -0.138. The van der Waals surface area contributed by atoms with Crippen LogP contribution in [0.2, 0.25) is 0 Å². The number of rotatable bonds is 5. The van der Waals surface area contributed by atoms with Gasteiger partial charge in [-0.1, -0.05) is 6.92 Å². The number of carboxylic acids is 1. The van der Waals surface area contributed by atoms with Gasteiger partial charge >= 0.3 is 5.97 Å². The van der Waals surface area contributed by atoms with E-state index in [1.807, 2.05) is 11.7 Å². The molecule has 0 radical (unpaired) electrons. The smallest absolute Gasteiger partial charge is 0.303 e. The molecule has 21 heavy (non-hydrogen) atoms. The van der Waals surface area contributed by atoms with Crippen molar-refractivity contribution in [2.75, 3.05) is 0 Å². The van der Waals surface area contributed by atoms with Gasteiger partial charge in [0, 0.05) is 32.1 Å². The Kier molecular flexibility index (Phi) is 4.02. The van der Waals surface area contributed by atoms with Crippen LogP contribution in [0.1, 0.15) is 50.4 Å². The van der Waals surface area contributed by atoms with E-state index in [9.17, 15) is 4.79 Å². The Hall–Kier alpha value is -1.36. The van der Waals surface area contributed by atoms with E-state index in [-0.39, 0.29) is 0 Å². The van der Waals surface area contributed by atoms with Crippen molar-refractivity contribution in [3.63, 3.8) is 0 Å². The molecule has 2 unspecified atom stereocenters. The lowest BCUT2D eigenvalue weighted by Gasteiger charge is -2.38. The van der Waals surface area contributed by atoms with E-state index in [2.05, 4.69) is 23.0 Å². The quantitative estimate of drug-likeness (QED) is 0.903. The number of carbonyl (C=O) groups is 1. The molecule has 1 aromatic heterocycles. The van der Waals surface area contributed by atoms with Crippen molar-refractivity contribution >= 4 is 5.97 Å². The minimum Gasteiger partial charge on any atom is -0.481 e. The Bertz CT molecular complexity index is 512. The Labute approximate surface area is 125 Å². The molecule has 3 rings (SSSR count). The first-order valence-corrected chi connectivity index (χ1v) is 8.06. The van der Waals surface area contributed by atoms with Crippen LogP contribution in [0.25, 0.3) is 0 Å². The molecule has 0 aromatic carbocycles. The van der Waals surface area contributed by atoms with E-state index in [1.54, 1.807) is 0 Å². The second-order valence-corrected chi connectivity index (χ2v) is 6.60. The van der Waals surface area contributed by atoms with Crippen LogP contribution in [0.4, 0.5) is 0 Å². The van der Waals surface area contributed by atoms with E-state index in [1.165, 1.54) is 18.5 Å². The molecule has 5 heteroatoms. The number of aromatic nitrogens is 2. The maximum absolute atomic E-state index is 10.9. The highest BCUT2D eigenvalue weighted by Gasteiger charge is 2.41. The molecule has 1 aromatic rings. The standard InChI is InChI=1S/C16H25N3O2/c1-3-12-9-15(18(2)17-12)10-19-13-4-5-14(19)7-11(6-13)8-16(20)21/h9,11,13-14H,3-8,10H2,1-2H3,(H,20,21). The summed E-state index contributed by atoms with van der Waals surface area (Å²) < 4.78 is 2.00. The third-order valence-corrected chi connectivity index (χ3v) is 5.18. The van der Waals surface area contributed by atoms with Crippen LogP contribution in [0.3, 0.4) is 0 Å². The Balaban J connectivity index is 1.67. The van der Waals surface area contributed by atoms with E-state index in [4.69, 9.17) is 5.11 Å². The summed E-state index contributed by atoms with van der Waals surface area (Å²) in [4.78, 5) is 13.5. The number of nitrogens with zero attached hydrogens (tertiary/aromatic N) is 3. The summed E-state index contributed by atoms with van der Waals surface area (Å²) in [5.74, 6) is -0.277. The summed E-state index contributed by atoms with van der Waals surface area (Å²) in [6.07, 6.45) is 5.84. The molecule has 2 atom stereocenters. The maximum Gasteiger partial charge on any atom is 0.303 e. The average Bonchev–Trinajstić information content (AvgIpc) is 2.88. The monoisotopic (exact) mass is 291 g/mol. The summed E-state index contributed by atoms with van der Waals surface area (Å²) in [5, 5.41) is 13.5. The van der Waals surface area contributed by atoms with E-state index >= 15 is 0 Å². The Morgan fingerprint density at radius 2 is 2.05 bits per heavy atom. The summed E-state index contributed by atoms with van der Waals surface area (Å²) in [6.45, 7) is 3.09. The van der Waals surface area contributed by atoms with Gasteiger partial charge < -0.3 is 5.11 Å². The molecule has 2 bridgehead atoms. The third kappa shape index (κ3) is 2.98. The summed E-state index contributed by atoms with van der Waals surface area (Å²) >= 11 is 0. The number of aryl methyl sites for hydroxylation is 2. The highest BCUT2D eigenvalue weighted by Crippen LogP contribution is 2.40. The fraction of sp³-hybridized carbons (Fsp3) is 0.750. The van der Waals surface area contributed by atoms with Gasteiger partial charge in [0.25, 0.3) is 0 Å². The van der Waals surface area contributed by atoms with Gasteiger partial charge in [-0.25, -0.2) is 0 Å². The number of hydrogen-bond donors (Lipinski definition) is 1. The molecular weight excluding hydrogens is 266 g/mol. The van der Waals surface area contributed by atoms with Crippen LogP contribution in [-0.2, 0) is 24.8 Å². The van der Waals surface area contributed by atoms with E-state index in [0.29, 0.717) is 24.4 Å². The molecule has 0 amide bonds. The fourth-order valence-corrected chi connectivity index (χ4v) is 4.14. The minimum atomic E-state index is -0.646. The van der Waals surface area contributed by atoms with Crippen LogP contribution < -0.4 is 0 Å². The van der Waals surface area contributed by atoms with Gasteiger partial charge in [-0.2, -0.15) is 5.10 Å². The zero-order chi connectivity index (χ0) is 15.0. The first kappa shape index (κ1) is 14.6. The van der Waals surface area contributed by atoms with Gasteiger partial charge in [0.2, 0.25) is 0 Å². The van der Waals surface area contributed by atoms with Crippen molar-refractivity contribution in [2.45, 2.75) is 64.1 Å². The molecule has 0 aliphatic carbocycles. The van der Waals surface area contributed by atoms with Crippen molar-refractivity contribution in [2.24, 2.45) is 13.0 Å². The molecule has 2 saturated heterocycles. The van der Waals surface area contributed by atoms with E-state index < -0.39 is 5.97 Å². The number of aliphatic carboxylic acids is 1. The van der Waals surface area contributed by atoms with E-state index in [0.717, 1.165) is 31.5 Å². The van der Waals surface area contributed by atoms with Gasteiger partial charge in [-0.05, 0) is 44.1 Å². The zero-order valence-corrected chi connectivity index (χ0v) is 13.0. The van der Waals surface area contributed by atoms with Gasteiger partial charge in [-0.15, -0.1) is 0 Å². The zero-order valence-electron chi connectivity index (χ0n) is 13.0. The predicted octanol–water partition coefficient (Wildman–Crippen LogP) is 2.20. The molecule has 5 nitrogen and oxygen atoms in total. The summed E-state index contributed by atoms with van der Waals surface area (Å²) in [7, 11) is 2.02. The highest BCUT2D eigenvalue weighted by atomic mass is 16.4. The number of hydrogen-bond acceptors (Lipinski definition) is 3. The van der Waals surface area contributed by atoms with Gasteiger partial charge in [0.05, 0.1) is 11.4 Å². The summed E-state index contributed by atoms with van der Waals surface area (Å²) in [5.41, 5.74) is 2.43. The first-order valence-electron chi connectivity index (χ1n) is 8.06. The van der Waals surface area contributed by atoms with Crippen molar-refractivity contribution in [1.29, 1.82) is 0 Å². The fourth-order valence-electron chi connectivity index (χ4n) is 4.14. The van der Waals surface area contributed by atoms with Gasteiger partial charge in [0.1, 0.15) is 0 Å². The highest BCUT2D eigenvalue weighted by molar-refractivity contribution is 5.67. The molecular formula is C16H25N3O2. The SMILES string of the molecule is CCc1cc(CN2C3CCC2CC(CC(=O)O)C3)n(C)n1. The topological polar surface area (TPSA) is 58.4 Å². The normalized spacial score (nSPS) is 29.0. The van der Waals surface area contributed by atoms with Crippen LogP contribution in [-0.4, -0.2) is 37.8 Å². The van der Waals surface area contributed by atoms with Gasteiger partial charge in [0.15, 0.2) is 0 Å². The van der Waals surface area contributed by atoms with Crippen molar-refractivity contribution in [3.8, 4) is 0 Å². The van der Waals surface area contributed by atoms with Crippen LogP contribution in [0, 0.1) is 5.92 Å². The lowest BCUT2D eigenvalue weighted by Crippen LogP contribution is -2.43. The molecule has 0 saturated carbocycles. The summed E-state index contributed by atoms with van der Waals surface area (Å²) in [6, 6.07) is 3.34. The van der Waals surface area contributed by atoms with Crippen molar-refractivity contribution in [1.82, 2.24) is 14.7 Å². The van der Waals surface area contributed by atoms with Crippen molar-refractivity contribution < 1.29 is 9.90 Å². The van der Waals surface area contributed by atoms with Gasteiger partial charge in [-0.3, -0.25) is 14.4 Å².